The predicted octanol–water partition coefficient (Wildman–Crippen LogP) is 3.87. The van der Waals surface area contributed by atoms with Crippen molar-refractivity contribution in [1.82, 2.24) is 10.6 Å². The summed E-state index contributed by atoms with van der Waals surface area (Å²) in [6, 6.07) is 3.44. The van der Waals surface area contributed by atoms with Crippen molar-refractivity contribution in [3.05, 3.63) is 53.1 Å². The number of benzene rings is 2. The molecule has 14 heteroatoms. The smallest absolute Gasteiger partial charge is 0.489 e. The number of piperidine rings is 1. The number of nitrogens with one attached hydrogen (secondary N) is 3. The lowest BCUT2D eigenvalue weighted by Crippen LogP contribution is -2.60. The summed E-state index contributed by atoms with van der Waals surface area (Å²) in [5.74, 6) is -3.45. The molecule has 2 aromatic rings. The van der Waals surface area contributed by atoms with Gasteiger partial charge in [0.15, 0.2) is 0 Å². The monoisotopic (exact) mass is 555 g/mol. The number of alkyl halides is 3. The summed E-state index contributed by atoms with van der Waals surface area (Å²) in [6.07, 6.45) is -6.99. The van der Waals surface area contributed by atoms with Crippen LogP contribution in [0.3, 0.4) is 0 Å². The summed E-state index contributed by atoms with van der Waals surface area (Å²) in [5, 5.41) is 7.44. The molecule has 0 aromatic heterocycles. The van der Waals surface area contributed by atoms with Gasteiger partial charge < -0.3 is 19.5 Å². The molecule has 2 fully saturated rings. The average molecular weight is 555 g/mol. The third kappa shape index (κ3) is 5.60. The van der Waals surface area contributed by atoms with Crippen LogP contribution >= 0.6 is 0 Å². The second-order valence-electron chi connectivity index (χ2n) is 9.52. The molecule has 3 aliphatic heterocycles. The maximum Gasteiger partial charge on any atom is 0.573 e. The van der Waals surface area contributed by atoms with Gasteiger partial charge in [-0.2, -0.15) is 0 Å². The Bertz CT molecular complexity index is 1340. The third-order valence-corrected chi connectivity index (χ3v) is 6.83. The highest BCUT2D eigenvalue weighted by Crippen LogP contribution is 2.44. The Morgan fingerprint density at radius 3 is 2.62 bits per heavy atom. The van der Waals surface area contributed by atoms with E-state index in [4.69, 9.17) is 9.47 Å². The van der Waals surface area contributed by atoms with Crippen LogP contribution in [0.4, 0.5) is 32.4 Å². The van der Waals surface area contributed by atoms with E-state index in [1.807, 2.05) is 0 Å². The highest BCUT2D eigenvalue weighted by atomic mass is 19.4. The minimum Gasteiger partial charge on any atom is -0.489 e. The molecule has 3 heterocycles. The third-order valence-electron chi connectivity index (χ3n) is 6.83. The molecular weight excluding hydrogens is 533 g/mol. The SMILES string of the molecule is CC1NC(c2cc(F)cc3c2OC([C@@H]2CCC(=O)NC2=O)C3)C1OC(=O)Nc1cc(OC(F)(F)F)ccc1F. The van der Waals surface area contributed by atoms with E-state index in [0.717, 1.165) is 6.07 Å². The van der Waals surface area contributed by atoms with Gasteiger partial charge in [-0.05, 0) is 37.6 Å². The van der Waals surface area contributed by atoms with Crippen LogP contribution in [0.5, 0.6) is 11.5 Å². The van der Waals surface area contributed by atoms with Crippen molar-refractivity contribution >= 4 is 23.6 Å². The lowest BCUT2D eigenvalue weighted by atomic mass is 9.86. The zero-order valence-corrected chi connectivity index (χ0v) is 20.2. The second-order valence-corrected chi connectivity index (χ2v) is 9.52. The second kappa shape index (κ2) is 9.98. The predicted molar refractivity (Wildman–Crippen MR) is 123 cm³/mol. The van der Waals surface area contributed by atoms with Crippen LogP contribution in [0.15, 0.2) is 30.3 Å². The maximum absolute atomic E-state index is 14.6. The van der Waals surface area contributed by atoms with Crippen molar-refractivity contribution in [2.75, 3.05) is 5.32 Å². The molecule has 2 saturated heterocycles. The van der Waals surface area contributed by atoms with Crippen LogP contribution in [-0.2, 0) is 20.7 Å². The topological polar surface area (TPSA) is 115 Å². The van der Waals surface area contributed by atoms with Crippen LogP contribution in [-0.4, -0.2) is 42.5 Å². The van der Waals surface area contributed by atoms with Crippen LogP contribution in [0, 0.1) is 17.6 Å². The Hall–Kier alpha value is -3.94. The molecule has 9 nitrogen and oxygen atoms in total. The summed E-state index contributed by atoms with van der Waals surface area (Å²) in [4.78, 5) is 36.4. The lowest BCUT2D eigenvalue weighted by molar-refractivity contribution is -0.274. The maximum atomic E-state index is 14.6. The summed E-state index contributed by atoms with van der Waals surface area (Å²) >= 11 is 0. The van der Waals surface area contributed by atoms with E-state index in [0.29, 0.717) is 29.0 Å². The Balaban J connectivity index is 1.30. The number of rotatable bonds is 5. The zero-order chi connectivity index (χ0) is 28.1. The molecule has 208 valence electrons. The van der Waals surface area contributed by atoms with E-state index in [1.54, 1.807) is 6.92 Å². The number of carbonyl (C=O) groups is 3. The van der Waals surface area contributed by atoms with E-state index >= 15 is 0 Å². The number of hydrogen-bond donors (Lipinski definition) is 3. The van der Waals surface area contributed by atoms with Crippen molar-refractivity contribution < 1.29 is 50.5 Å². The molecule has 5 rings (SSSR count). The van der Waals surface area contributed by atoms with Crippen LogP contribution in [0.25, 0.3) is 0 Å². The number of fused-ring (bicyclic) bond motifs is 1. The Kier molecular flexibility index (Phi) is 6.83. The van der Waals surface area contributed by atoms with E-state index in [9.17, 15) is 36.3 Å². The van der Waals surface area contributed by atoms with Gasteiger partial charge in [0.2, 0.25) is 11.8 Å². The Morgan fingerprint density at radius 1 is 1.15 bits per heavy atom. The first-order valence-electron chi connectivity index (χ1n) is 12.0. The van der Waals surface area contributed by atoms with Gasteiger partial charge in [0, 0.05) is 36.1 Å². The van der Waals surface area contributed by atoms with Gasteiger partial charge in [0.1, 0.15) is 35.3 Å². The number of hydrogen-bond acceptors (Lipinski definition) is 7. The number of ether oxygens (including phenoxy) is 3. The van der Waals surface area contributed by atoms with Gasteiger partial charge >= 0.3 is 12.5 Å². The van der Waals surface area contributed by atoms with Gasteiger partial charge in [0.25, 0.3) is 0 Å². The Morgan fingerprint density at radius 2 is 1.92 bits per heavy atom. The van der Waals surface area contributed by atoms with Crippen LogP contribution in [0.1, 0.15) is 36.9 Å². The Labute approximate surface area is 218 Å². The number of carbonyl (C=O) groups excluding carboxylic acids is 3. The summed E-state index contributed by atoms with van der Waals surface area (Å²) < 4.78 is 81.4. The van der Waals surface area contributed by atoms with Gasteiger partial charge in [-0.3, -0.25) is 20.2 Å². The van der Waals surface area contributed by atoms with Gasteiger partial charge in [0.05, 0.1) is 17.6 Å². The van der Waals surface area contributed by atoms with Crippen molar-refractivity contribution in [3.63, 3.8) is 0 Å². The van der Waals surface area contributed by atoms with Crippen molar-refractivity contribution in [1.29, 1.82) is 0 Å². The first-order chi connectivity index (χ1) is 18.4. The quantitative estimate of drug-likeness (QED) is 0.379. The number of amides is 3. The van der Waals surface area contributed by atoms with Crippen molar-refractivity contribution in [2.45, 2.75) is 56.8 Å². The molecule has 39 heavy (non-hydrogen) atoms. The highest BCUT2D eigenvalue weighted by molar-refractivity contribution is 5.99. The van der Waals surface area contributed by atoms with E-state index in [-0.39, 0.29) is 25.2 Å². The van der Waals surface area contributed by atoms with E-state index in [2.05, 4.69) is 20.7 Å². The number of anilines is 1. The fourth-order valence-corrected chi connectivity index (χ4v) is 5.04. The van der Waals surface area contributed by atoms with Crippen LogP contribution in [0.2, 0.25) is 0 Å². The minimum absolute atomic E-state index is 0.159. The molecule has 3 aliphatic rings. The number of imide groups is 1. The van der Waals surface area contributed by atoms with Gasteiger partial charge in [-0.15, -0.1) is 13.2 Å². The summed E-state index contributed by atoms with van der Waals surface area (Å²) in [6.45, 7) is 1.68. The molecule has 0 aliphatic carbocycles. The standard InChI is InChI=1S/C25H22F5N3O6/c1-10-21(38-24(36)32-17-9-13(2-4-16(17)27)39-25(28,29)30)20(31-10)15-8-12(26)6-11-7-18(37-22(11)15)14-3-5-19(34)33-23(14)35/h2,4,6,8-10,14,18,20-21,31H,3,5,7H2,1H3,(H,32,36)(H,33,34,35)/t10?,14-,18?,20?,21?/m0/s1. The van der Waals surface area contributed by atoms with Crippen molar-refractivity contribution in [2.24, 2.45) is 5.92 Å². The zero-order valence-electron chi connectivity index (χ0n) is 20.2. The first-order valence-corrected chi connectivity index (χ1v) is 12.0. The fourth-order valence-electron chi connectivity index (χ4n) is 5.04. The lowest BCUT2D eigenvalue weighted by Gasteiger charge is -2.44. The minimum atomic E-state index is -5.01. The average Bonchev–Trinajstić information content (AvgIpc) is 3.25. The van der Waals surface area contributed by atoms with Crippen LogP contribution < -0.4 is 25.4 Å². The summed E-state index contributed by atoms with van der Waals surface area (Å²) in [7, 11) is 0. The molecule has 4 unspecified atom stereocenters. The van der Waals surface area contributed by atoms with Gasteiger partial charge in [-0.25, -0.2) is 13.6 Å². The molecule has 0 saturated carbocycles. The molecule has 5 atom stereocenters. The van der Waals surface area contributed by atoms with Gasteiger partial charge in [-0.1, -0.05) is 0 Å². The molecular formula is C25H22F5N3O6. The molecule has 0 bridgehead atoms. The summed E-state index contributed by atoms with van der Waals surface area (Å²) in [5.41, 5.74) is 0.246. The highest BCUT2D eigenvalue weighted by Gasteiger charge is 2.46. The molecule has 3 amide bonds. The molecule has 0 spiro atoms. The number of halogens is 5. The molecule has 2 aromatic carbocycles. The largest absolute Gasteiger partial charge is 0.573 e. The van der Waals surface area contributed by atoms with E-state index in [1.165, 1.54) is 12.1 Å². The molecule has 0 radical (unpaired) electrons. The van der Waals surface area contributed by atoms with E-state index < -0.39 is 71.6 Å². The fraction of sp³-hybridized carbons (Fsp3) is 0.400. The first kappa shape index (κ1) is 26.7. The normalized spacial score (nSPS) is 26.2. The molecule has 3 N–H and O–H groups in total. The van der Waals surface area contributed by atoms with Crippen molar-refractivity contribution in [3.8, 4) is 11.5 Å².